The Bertz CT molecular complexity index is 411. The summed E-state index contributed by atoms with van der Waals surface area (Å²) in [5.74, 6) is 0.114. The van der Waals surface area contributed by atoms with Crippen LogP contribution in [0.25, 0.3) is 0 Å². The van der Waals surface area contributed by atoms with Crippen LogP contribution in [-0.4, -0.2) is 23.5 Å². The van der Waals surface area contributed by atoms with Crippen LogP contribution in [0, 0.1) is 0 Å². The monoisotopic (exact) mass is 281 g/mol. The van der Waals surface area contributed by atoms with Crippen molar-refractivity contribution < 1.29 is 4.79 Å². The van der Waals surface area contributed by atoms with Crippen molar-refractivity contribution in [2.24, 2.45) is 0 Å². The lowest BCUT2D eigenvalue weighted by Crippen LogP contribution is -2.44. The average Bonchev–Trinajstić information content (AvgIpc) is 2.73. The molecule has 1 aromatic rings. The standard InChI is InChI=1S/C14H23N3OS/c1-3-11-9-16-14(19-11)10(2)17-13(18)12-7-5-4-6-8-15-12/h9-10,12,15H,3-8H2,1-2H3,(H,17,18). The number of aryl methyl sites for hydroxylation is 1. The molecule has 0 radical (unpaired) electrons. The fourth-order valence-electron chi connectivity index (χ4n) is 2.31. The van der Waals surface area contributed by atoms with E-state index in [1.165, 1.54) is 17.7 Å². The molecule has 4 nitrogen and oxygen atoms in total. The van der Waals surface area contributed by atoms with E-state index in [1.807, 2.05) is 13.1 Å². The molecule has 0 bridgehead atoms. The third kappa shape index (κ3) is 4.01. The van der Waals surface area contributed by atoms with Gasteiger partial charge in [-0.05, 0) is 32.7 Å². The highest BCUT2D eigenvalue weighted by Crippen LogP contribution is 2.20. The highest BCUT2D eigenvalue weighted by molar-refractivity contribution is 7.11. The number of nitrogens with zero attached hydrogens (tertiary/aromatic N) is 1. The van der Waals surface area contributed by atoms with Gasteiger partial charge in [0.15, 0.2) is 0 Å². The predicted molar refractivity (Wildman–Crippen MR) is 78.3 cm³/mol. The first-order valence-corrected chi connectivity index (χ1v) is 8.00. The fraction of sp³-hybridized carbons (Fsp3) is 0.714. The molecule has 1 fully saturated rings. The molecule has 2 unspecified atom stereocenters. The molecule has 0 aliphatic carbocycles. The van der Waals surface area contributed by atoms with Gasteiger partial charge in [-0.2, -0.15) is 0 Å². The summed E-state index contributed by atoms with van der Waals surface area (Å²) in [6.07, 6.45) is 7.38. The number of hydrogen-bond donors (Lipinski definition) is 2. The van der Waals surface area contributed by atoms with Gasteiger partial charge in [0.05, 0.1) is 12.1 Å². The Balaban J connectivity index is 1.90. The Morgan fingerprint density at radius 3 is 3.16 bits per heavy atom. The van der Waals surface area contributed by atoms with Crippen LogP contribution in [-0.2, 0) is 11.2 Å². The molecule has 106 valence electrons. The molecule has 1 aliphatic heterocycles. The van der Waals surface area contributed by atoms with E-state index in [2.05, 4.69) is 22.5 Å². The smallest absolute Gasteiger partial charge is 0.237 e. The molecule has 2 heterocycles. The van der Waals surface area contributed by atoms with E-state index in [0.717, 1.165) is 30.8 Å². The lowest BCUT2D eigenvalue weighted by molar-refractivity contribution is -0.123. The van der Waals surface area contributed by atoms with Crippen molar-refractivity contribution in [1.29, 1.82) is 0 Å². The van der Waals surface area contributed by atoms with Gasteiger partial charge >= 0.3 is 0 Å². The largest absolute Gasteiger partial charge is 0.346 e. The van der Waals surface area contributed by atoms with Gasteiger partial charge in [0, 0.05) is 11.1 Å². The van der Waals surface area contributed by atoms with Crippen molar-refractivity contribution in [3.8, 4) is 0 Å². The van der Waals surface area contributed by atoms with Crippen LogP contribution in [0.3, 0.4) is 0 Å². The van der Waals surface area contributed by atoms with Crippen LogP contribution in [0.5, 0.6) is 0 Å². The van der Waals surface area contributed by atoms with Gasteiger partial charge in [-0.25, -0.2) is 4.98 Å². The summed E-state index contributed by atoms with van der Waals surface area (Å²) in [5, 5.41) is 7.40. The number of carbonyl (C=O) groups excluding carboxylic acids is 1. The average molecular weight is 281 g/mol. The van der Waals surface area contributed by atoms with Gasteiger partial charge in [-0.15, -0.1) is 11.3 Å². The summed E-state index contributed by atoms with van der Waals surface area (Å²) in [4.78, 5) is 17.9. The summed E-state index contributed by atoms with van der Waals surface area (Å²) in [7, 11) is 0. The molecule has 0 saturated carbocycles. The summed E-state index contributed by atoms with van der Waals surface area (Å²) < 4.78 is 0. The van der Waals surface area contributed by atoms with E-state index in [1.54, 1.807) is 11.3 Å². The minimum Gasteiger partial charge on any atom is -0.346 e. The summed E-state index contributed by atoms with van der Waals surface area (Å²) in [5.41, 5.74) is 0. The van der Waals surface area contributed by atoms with Crippen molar-refractivity contribution in [2.75, 3.05) is 6.54 Å². The van der Waals surface area contributed by atoms with Crippen LogP contribution in [0.15, 0.2) is 6.20 Å². The molecule has 1 amide bonds. The molecule has 2 atom stereocenters. The van der Waals surface area contributed by atoms with Crippen LogP contribution >= 0.6 is 11.3 Å². The van der Waals surface area contributed by atoms with Crippen molar-refractivity contribution >= 4 is 17.2 Å². The fourth-order valence-corrected chi connectivity index (χ4v) is 3.17. The molecule has 19 heavy (non-hydrogen) atoms. The number of thiazole rings is 1. The number of amides is 1. The number of nitrogens with one attached hydrogen (secondary N) is 2. The van der Waals surface area contributed by atoms with E-state index in [4.69, 9.17) is 0 Å². The van der Waals surface area contributed by atoms with E-state index >= 15 is 0 Å². The van der Waals surface area contributed by atoms with E-state index in [-0.39, 0.29) is 18.0 Å². The first-order chi connectivity index (χ1) is 9.20. The number of rotatable bonds is 4. The van der Waals surface area contributed by atoms with Gasteiger partial charge < -0.3 is 10.6 Å². The minimum atomic E-state index is -0.0319. The zero-order valence-electron chi connectivity index (χ0n) is 11.7. The van der Waals surface area contributed by atoms with Gasteiger partial charge in [0.1, 0.15) is 5.01 Å². The van der Waals surface area contributed by atoms with Gasteiger partial charge in [0.2, 0.25) is 5.91 Å². The van der Waals surface area contributed by atoms with Crippen LogP contribution in [0.2, 0.25) is 0 Å². The topological polar surface area (TPSA) is 54.0 Å². The number of hydrogen-bond acceptors (Lipinski definition) is 4. The zero-order chi connectivity index (χ0) is 13.7. The highest BCUT2D eigenvalue weighted by Gasteiger charge is 2.22. The number of carbonyl (C=O) groups is 1. The first kappa shape index (κ1) is 14.5. The third-order valence-electron chi connectivity index (χ3n) is 3.53. The number of aromatic nitrogens is 1. The van der Waals surface area contributed by atoms with Gasteiger partial charge in [0.25, 0.3) is 0 Å². The Morgan fingerprint density at radius 2 is 2.42 bits per heavy atom. The lowest BCUT2D eigenvalue weighted by Gasteiger charge is -2.18. The van der Waals surface area contributed by atoms with Crippen molar-refractivity contribution in [2.45, 2.75) is 58.0 Å². The van der Waals surface area contributed by atoms with E-state index in [0.29, 0.717) is 0 Å². The molecule has 1 aliphatic rings. The molecule has 5 heteroatoms. The van der Waals surface area contributed by atoms with Crippen molar-refractivity contribution in [3.63, 3.8) is 0 Å². The molecule has 2 rings (SSSR count). The second-order valence-electron chi connectivity index (χ2n) is 5.10. The van der Waals surface area contributed by atoms with E-state index < -0.39 is 0 Å². The highest BCUT2D eigenvalue weighted by atomic mass is 32.1. The van der Waals surface area contributed by atoms with Crippen LogP contribution in [0.1, 0.15) is 55.5 Å². The molecule has 1 saturated heterocycles. The maximum atomic E-state index is 12.2. The molecular weight excluding hydrogens is 258 g/mol. The molecular formula is C14H23N3OS. The normalized spacial score (nSPS) is 21.7. The Morgan fingerprint density at radius 1 is 1.58 bits per heavy atom. The summed E-state index contributed by atoms with van der Waals surface area (Å²) >= 11 is 1.69. The Labute approximate surface area is 119 Å². The van der Waals surface area contributed by atoms with Crippen LogP contribution < -0.4 is 10.6 Å². The Hall–Kier alpha value is -0.940. The SMILES string of the molecule is CCc1cnc(C(C)NC(=O)C2CCCCCN2)s1. The molecule has 0 spiro atoms. The van der Waals surface area contributed by atoms with Gasteiger partial charge in [-0.1, -0.05) is 19.8 Å². The van der Waals surface area contributed by atoms with Crippen LogP contribution in [0.4, 0.5) is 0 Å². The van der Waals surface area contributed by atoms with Crippen molar-refractivity contribution in [1.82, 2.24) is 15.6 Å². The van der Waals surface area contributed by atoms with Crippen molar-refractivity contribution in [3.05, 3.63) is 16.1 Å². The lowest BCUT2D eigenvalue weighted by atomic mass is 10.1. The summed E-state index contributed by atoms with van der Waals surface area (Å²) in [6.45, 7) is 5.08. The first-order valence-electron chi connectivity index (χ1n) is 7.19. The second-order valence-corrected chi connectivity index (χ2v) is 6.25. The molecule has 2 N–H and O–H groups in total. The minimum absolute atomic E-state index is 0.00264. The summed E-state index contributed by atoms with van der Waals surface area (Å²) in [6, 6.07) is -0.0292. The molecule has 1 aromatic heterocycles. The zero-order valence-corrected chi connectivity index (χ0v) is 12.6. The maximum Gasteiger partial charge on any atom is 0.237 e. The molecule has 0 aromatic carbocycles. The maximum absolute atomic E-state index is 12.2. The van der Waals surface area contributed by atoms with Gasteiger partial charge in [-0.3, -0.25) is 4.79 Å². The Kier molecular flexibility index (Phi) is 5.34. The predicted octanol–water partition coefficient (Wildman–Crippen LogP) is 2.41. The third-order valence-corrected chi connectivity index (χ3v) is 4.85. The quantitative estimate of drug-likeness (QED) is 0.891. The van der Waals surface area contributed by atoms with E-state index in [9.17, 15) is 4.79 Å². The second kappa shape index (κ2) is 7.01.